The van der Waals surface area contributed by atoms with Crippen LogP contribution in [0.4, 0.5) is 0 Å². The third-order valence-electron chi connectivity index (χ3n) is 5.42. The molecule has 0 unspecified atom stereocenters. The first kappa shape index (κ1) is 20.9. The van der Waals surface area contributed by atoms with Crippen molar-refractivity contribution in [3.05, 3.63) is 65.9 Å². The summed E-state index contributed by atoms with van der Waals surface area (Å²) in [6, 6.07) is 15.9. The number of nitrogens with zero attached hydrogens (tertiary/aromatic N) is 2. The number of benzene rings is 2. The van der Waals surface area contributed by atoms with E-state index in [0.717, 1.165) is 47.0 Å². The van der Waals surface area contributed by atoms with E-state index < -0.39 is 0 Å². The largest absolute Gasteiger partial charge is 0.497 e. The molecule has 7 nitrogen and oxygen atoms in total. The van der Waals surface area contributed by atoms with Crippen molar-refractivity contribution in [1.29, 1.82) is 0 Å². The molecule has 0 spiro atoms. The van der Waals surface area contributed by atoms with Crippen LogP contribution in [0.3, 0.4) is 0 Å². The summed E-state index contributed by atoms with van der Waals surface area (Å²) in [5.74, 6) is 1.66. The molecule has 7 heteroatoms. The molecule has 4 rings (SSSR count). The molecule has 1 amide bonds. The molecule has 1 atom stereocenters. The Hall–Kier alpha value is -3.32. The van der Waals surface area contributed by atoms with Gasteiger partial charge >= 0.3 is 0 Å². The number of rotatable bonds is 7. The van der Waals surface area contributed by atoms with Crippen LogP contribution in [0.1, 0.15) is 24.5 Å². The van der Waals surface area contributed by atoms with Gasteiger partial charge in [0.25, 0.3) is 0 Å². The number of fused-ring (bicyclic) bond motifs is 1. The van der Waals surface area contributed by atoms with Gasteiger partial charge in [-0.2, -0.15) is 5.10 Å². The second kappa shape index (κ2) is 9.66. The molecule has 0 aliphatic carbocycles. The van der Waals surface area contributed by atoms with Gasteiger partial charge in [-0.15, -0.1) is 0 Å². The molecule has 1 aliphatic rings. The summed E-state index contributed by atoms with van der Waals surface area (Å²) in [5, 5.41) is 10.2. The monoisotopic (exact) mass is 420 g/mol. The van der Waals surface area contributed by atoms with Crippen LogP contribution in [-0.2, 0) is 17.9 Å². The molecule has 1 aromatic heterocycles. The zero-order chi connectivity index (χ0) is 21.6. The van der Waals surface area contributed by atoms with Crippen molar-refractivity contribution in [3.8, 4) is 22.8 Å². The van der Waals surface area contributed by atoms with Crippen LogP contribution in [0, 0.1) is 0 Å². The van der Waals surface area contributed by atoms with Crippen molar-refractivity contribution in [1.82, 2.24) is 20.4 Å². The number of aromatic nitrogens is 2. The Morgan fingerprint density at radius 1 is 1.29 bits per heavy atom. The number of nitrogens with one attached hydrogen (secondary N) is 2. The molecule has 0 fully saturated rings. The first-order chi connectivity index (χ1) is 15.1. The second-order valence-electron chi connectivity index (χ2n) is 7.80. The fraction of sp³-hybridized carbons (Fsp3) is 0.333. The number of methoxy groups -OCH3 is 1. The fourth-order valence-electron chi connectivity index (χ4n) is 3.84. The molecule has 2 N–H and O–H groups in total. The first-order valence-corrected chi connectivity index (χ1v) is 10.5. The Morgan fingerprint density at radius 3 is 2.94 bits per heavy atom. The molecule has 2 heterocycles. The van der Waals surface area contributed by atoms with E-state index in [2.05, 4.69) is 20.4 Å². The highest BCUT2D eigenvalue weighted by molar-refractivity contribution is 5.76. The van der Waals surface area contributed by atoms with E-state index >= 15 is 0 Å². The number of carbonyl (C=O) groups excluding carboxylic acids is 1. The van der Waals surface area contributed by atoms with Gasteiger partial charge in [-0.1, -0.05) is 36.4 Å². The van der Waals surface area contributed by atoms with Crippen LogP contribution < -0.4 is 14.8 Å². The van der Waals surface area contributed by atoms with E-state index in [4.69, 9.17) is 9.47 Å². The summed E-state index contributed by atoms with van der Waals surface area (Å²) in [4.78, 5) is 14.8. The average molecular weight is 421 g/mol. The minimum atomic E-state index is 0.0213. The highest BCUT2D eigenvalue weighted by Gasteiger charge is 2.21. The van der Waals surface area contributed by atoms with Crippen LogP contribution in [0.15, 0.2) is 54.7 Å². The first-order valence-electron chi connectivity index (χ1n) is 10.5. The molecule has 31 heavy (non-hydrogen) atoms. The predicted molar refractivity (Wildman–Crippen MR) is 119 cm³/mol. The van der Waals surface area contributed by atoms with Crippen molar-refractivity contribution in [3.63, 3.8) is 0 Å². The maximum absolute atomic E-state index is 12.5. The van der Waals surface area contributed by atoms with E-state index in [-0.39, 0.29) is 12.0 Å². The normalized spacial score (nSPS) is 16.1. The van der Waals surface area contributed by atoms with Crippen molar-refractivity contribution in [2.75, 3.05) is 20.2 Å². The van der Waals surface area contributed by atoms with Crippen molar-refractivity contribution < 1.29 is 14.3 Å². The van der Waals surface area contributed by atoms with Crippen molar-refractivity contribution >= 4 is 5.91 Å². The van der Waals surface area contributed by atoms with Gasteiger partial charge < -0.3 is 14.8 Å². The minimum Gasteiger partial charge on any atom is -0.497 e. The standard InChI is InChI=1S/C24H28N4O3/c1-17-15-28(16-19-8-9-21(30-2)12-22(19)31-17)11-10-23(29)25-13-20-14-26-27-24(20)18-6-4-3-5-7-18/h3-9,12,14,17H,10-11,13,15-16H2,1-2H3,(H,25,29)(H,26,27)/t17-/m1/s1. The lowest BCUT2D eigenvalue weighted by Crippen LogP contribution is -2.34. The fourth-order valence-corrected chi connectivity index (χ4v) is 3.84. The van der Waals surface area contributed by atoms with Gasteiger partial charge in [0.05, 0.1) is 19.0 Å². The van der Waals surface area contributed by atoms with E-state index in [0.29, 0.717) is 19.5 Å². The third kappa shape index (κ3) is 5.24. The third-order valence-corrected chi connectivity index (χ3v) is 5.42. The Labute approximate surface area is 182 Å². The van der Waals surface area contributed by atoms with Crippen LogP contribution in [0.25, 0.3) is 11.3 Å². The zero-order valence-electron chi connectivity index (χ0n) is 17.9. The lowest BCUT2D eigenvalue weighted by Gasteiger charge is -2.21. The average Bonchev–Trinajstić information content (AvgIpc) is 3.19. The lowest BCUT2D eigenvalue weighted by molar-refractivity contribution is -0.121. The molecule has 0 radical (unpaired) electrons. The van der Waals surface area contributed by atoms with Gasteiger partial charge in [-0.05, 0) is 18.6 Å². The van der Waals surface area contributed by atoms with Crippen LogP contribution in [-0.4, -0.2) is 47.3 Å². The van der Waals surface area contributed by atoms with E-state index in [1.54, 1.807) is 13.3 Å². The summed E-state index contributed by atoms with van der Waals surface area (Å²) in [6.45, 7) is 4.68. The van der Waals surface area contributed by atoms with Gasteiger partial charge in [0.15, 0.2) is 0 Å². The number of aromatic amines is 1. The Bertz CT molecular complexity index is 1020. The Balaban J connectivity index is 1.31. The smallest absolute Gasteiger partial charge is 0.221 e. The van der Waals surface area contributed by atoms with Gasteiger partial charge in [0, 0.05) is 49.8 Å². The molecule has 3 aromatic rings. The summed E-state index contributed by atoms with van der Waals surface area (Å²) in [5.41, 5.74) is 4.07. The van der Waals surface area contributed by atoms with Crippen molar-refractivity contribution in [2.45, 2.75) is 32.5 Å². The number of H-pyrrole nitrogens is 1. The quantitative estimate of drug-likeness (QED) is 0.613. The molecular formula is C24H28N4O3. The van der Waals surface area contributed by atoms with Gasteiger partial charge in [0.1, 0.15) is 17.6 Å². The topological polar surface area (TPSA) is 79.5 Å². The number of hydrogen-bond acceptors (Lipinski definition) is 5. The molecule has 162 valence electrons. The van der Waals surface area contributed by atoms with Gasteiger partial charge in [-0.25, -0.2) is 0 Å². The zero-order valence-corrected chi connectivity index (χ0v) is 17.9. The minimum absolute atomic E-state index is 0.0213. The summed E-state index contributed by atoms with van der Waals surface area (Å²) in [7, 11) is 1.65. The van der Waals surface area contributed by atoms with Crippen LogP contribution in [0.5, 0.6) is 11.5 Å². The summed E-state index contributed by atoms with van der Waals surface area (Å²) < 4.78 is 11.4. The summed E-state index contributed by atoms with van der Waals surface area (Å²) in [6.07, 6.45) is 2.23. The molecule has 1 aliphatic heterocycles. The second-order valence-corrected chi connectivity index (χ2v) is 7.80. The van der Waals surface area contributed by atoms with Gasteiger partial charge in [0.2, 0.25) is 5.91 Å². The highest BCUT2D eigenvalue weighted by Crippen LogP contribution is 2.29. The molecule has 0 saturated heterocycles. The number of ether oxygens (including phenoxy) is 2. The molecule has 2 aromatic carbocycles. The molecular weight excluding hydrogens is 392 g/mol. The number of amides is 1. The van der Waals surface area contributed by atoms with E-state index in [1.165, 1.54) is 0 Å². The molecule has 0 saturated carbocycles. The maximum Gasteiger partial charge on any atom is 0.221 e. The number of carbonyl (C=O) groups is 1. The molecule has 0 bridgehead atoms. The van der Waals surface area contributed by atoms with Crippen LogP contribution >= 0.6 is 0 Å². The number of hydrogen-bond donors (Lipinski definition) is 2. The van der Waals surface area contributed by atoms with E-state index in [9.17, 15) is 4.79 Å². The lowest BCUT2D eigenvalue weighted by atomic mass is 10.1. The Kier molecular flexibility index (Phi) is 6.52. The summed E-state index contributed by atoms with van der Waals surface area (Å²) >= 11 is 0. The SMILES string of the molecule is COc1ccc2c(c1)O[C@H](C)CN(CCC(=O)NCc1cn[nH]c1-c1ccccc1)C2. The van der Waals surface area contributed by atoms with Crippen LogP contribution in [0.2, 0.25) is 0 Å². The maximum atomic E-state index is 12.5. The van der Waals surface area contributed by atoms with E-state index in [1.807, 2.05) is 55.5 Å². The Morgan fingerprint density at radius 2 is 2.13 bits per heavy atom. The predicted octanol–water partition coefficient (Wildman–Crippen LogP) is 3.37. The highest BCUT2D eigenvalue weighted by atomic mass is 16.5. The van der Waals surface area contributed by atoms with Crippen molar-refractivity contribution in [2.24, 2.45) is 0 Å². The van der Waals surface area contributed by atoms with Gasteiger partial charge in [-0.3, -0.25) is 14.8 Å².